The predicted molar refractivity (Wildman–Crippen MR) is 98.7 cm³/mol. The molecule has 2 aromatic heterocycles. The number of rotatable bonds is 6. The summed E-state index contributed by atoms with van der Waals surface area (Å²) in [7, 11) is 0. The van der Waals surface area contributed by atoms with Crippen LogP contribution in [0.3, 0.4) is 0 Å². The molecule has 2 aromatic rings. The van der Waals surface area contributed by atoms with Gasteiger partial charge in [0.1, 0.15) is 11.6 Å². The first kappa shape index (κ1) is 18.7. The molecule has 0 saturated carbocycles. The molecule has 0 radical (unpaired) electrons. The van der Waals surface area contributed by atoms with Gasteiger partial charge in [-0.15, -0.1) is 0 Å². The summed E-state index contributed by atoms with van der Waals surface area (Å²) in [6.07, 6.45) is 4.22. The van der Waals surface area contributed by atoms with Gasteiger partial charge in [0.25, 0.3) is 0 Å². The number of hydrogen-bond acceptors (Lipinski definition) is 10. The summed E-state index contributed by atoms with van der Waals surface area (Å²) < 4.78 is 0. The minimum absolute atomic E-state index is 0.131. The molecule has 0 aliphatic heterocycles. The van der Waals surface area contributed by atoms with Crippen molar-refractivity contribution >= 4 is 23.8 Å². The Hall–Kier alpha value is -3.66. The number of aryl methyl sites for hydroxylation is 2. The van der Waals surface area contributed by atoms with Crippen LogP contribution in [0.1, 0.15) is 37.3 Å². The number of unbranched alkanes of at least 4 members (excludes halogenated alkanes) is 2. The molecule has 8 N–H and O–H groups in total. The van der Waals surface area contributed by atoms with Gasteiger partial charge >= 0.3 is 0 Å². The molecule has 134 valence electrons. The number of hydrogen-bond donors (Lipinski definition) is 4. The molecule has 0 saturated heterocycles. The number of nitrogen functional groups attached to an aromatic ring is 4. The molecule has 26 heavy (non-hydrogen) atoms. The van der Waals surface area contributed by atoms with E-state index in [1.54, 1.807) is 0 Å². The average molecular weight is 352 g/mol. The first-order valence-corrected chi connectivity index (χ1v) is 8.00. The van der Waals surface area contributed by atoms with Crippen molar-refractivity contribution in [2.75, 3.05) is 22.9 Å². The highest BCUT2D eigenvalue weighted by Crippen LogP contribution is 2.03. The summed E-state index contributed by atoms with van der Waals surface area (Å²) in [6, 6.07) is 0. The highest BCUT2D eigenvalue weighted by molar-refractivity contribution is 5.27. The van der Waals surface area contributed by atoms with Crippen molar-refractivity contribution in [2.45, 2.75) is 38.5 Å². The molecule has 0 atom stereocenters. The molecule has 0 aromatic carbocycles. The average Bonchev–Trinajstić information content (AvgIpc) is 2.55. The minimum atomic E-state index is 0.131. The molecule has 2 heterocycles. The lowest BCUT2D eigenvalue weighted by atomic mass is 10.2. The summed E-state index contributed by atoms with van der Waals surface area (Å²) in [5.41, 5.74) is 22.0. The first-order chi connectivity index (χ1) is 12.5. The fraction of sp³-hybridized carbons (Fsp3) is 0.375. The predicted octanol–water partition coefficient (Wildman–Crippen LogP) is -0.262. The molecular weight excluding hydrogens is 332 g/mol. The third-order valence-electron chi connectivity index (χ3n) is 3.08. The van der Waals surface area contributed by atoms with E-state index in [1.165, 1.54) is 0 Å². The summed E-state index contributed by atoms with van der Waals surface area (Å²) in [4.78, 5) is 23.5. The second kappa shape index (κ2) is 9.59. The number of nitrogens with two attached hydrogens (primary N) is 4. The second-order valence-corrected chi connectivity index (χ2v) is 5.25. The normalized spacial score (nSPS) is 9.69. The van der Waals surface area contributed by atoms with Crippen LogP contribution in [0.25, 0.3) is 0 Å². The number of nitrogens with zero attached hydrogens (tertiary/aromatic N) is 6. The Balaban J connectivity index is 1.64. The Morgan fingerprint density at radius 3 is 1.23 bits per heavy atom. The second-order valence-electron chi connectivity index (χ2n) is 5.25. The van der Waals surface area contributed by atoms with Gasteiger partial charge in [-0.05, 0) is 24.7 Å². The van der Waals surface area contributed by atoms with E-state index in [0.717, 1.165) is 12.8 Å². The topological polar surface area (TPSA) is 181 Å². The van der Waals surface area contributed by atoms with Crippen LogP contribution in [-0.2, 0) is 12.8 Å². The Labute approximate surface area is 151 Å². The van der Waals surface area contributed by atoms with Gasteiger partial charge in [-0.3, -0.25) is 0 Å². The SMILES string of the molecule is Nc1nc(N)nc(CCCC#CC#CCCCc2nc(N)nc(N)n2)n1. The van der Waals surface area contributed by atoms with Gasteiger partial charge in [0.05, 0.1) is 0 Å². The van der Waals surface area contributed by atoms with Gasteiger partial charge < -0.3 is 22.9 Å². The summed E-state index contributed by atoms with van der Waals surface area (Å²) in [5.74, 6) is 13.3. The molecule has 0 bridgehead atoms. The molecule has 10 nitrogen and oxygen atoms in total. The van der Waals surface area contributed by atoms with Crippen molar-refractivity contribution in [3.8, 4) is 23.7 Å². The zero-order valence-electron chi connectivity index (χ0n) is 14.2. The molecule has 0 aliphatic carbocycles. The standard InChI is InChI=1S/C16H20N10/c17-13-21-11(22-14(18)25-13)9-7-5-3-1-2-4-6-8-10-12-23-15(19)26-16(20)24-12/h5-10H2,(H4,17,18,21,22,25)(H4,19,20,23,24,26). The third kappa shape index (κ3) is 6.84. The van der Waals surface area contributed by atoms with Crippen LogP contribution in [0.15, 0.2) is 0 Å². The van der Waals surface area contributed by atoms with E-state index >= 15 is 0 Å². The van der Waals surface area contributed by atoms with Gasteiger partial charge in [-0.2, -0.15) is 29.9 Å². The van der Waals surface area contributed by atoms with Crippen LogP contribution < -0.4 is 22.9 Å². The zero-order chi connectivity index (χ0) is 18.8. The lowest BCUT2D eigenvalue weighted by Crippen LogP contribution is -2.06. The number of anilines is 4. The lowest BCUT2D eigenvalue weighted by molar-refractivity contribution is 0.789. The quantitative estimate of drug-likeness (QED) is 0.399. The van der Waals surface area contributed by atoms with Crippen molar-refractivity contribution in [1.82, 2.24) is 29.9 Å². The van der Waals surface area contributed by atoms with E-state index in [0.29, 0.717) is 37.3 Å². The fourth-order valence-corrected chi connectivity index (χ4v) is 2.02. The highest BCUT2D eigenvalue weighted by Gasteiger charge is 2.01. The number of aromatic nitrogens is 6. The zero-order valence-corrected chi connectivity index (χ0v) is 14.2. The van der Waals surface area contributed by atoms with Crippen molar-refractivity contribution in [2.24, 2.45) is 0 Å². The highest BCUT2D eigenvalue weighted by atomic mass is 15.1. The fourth-order valence-electron chi connectivity index (χ4n) is 2.02. The van der Waals surface area contributed by atoms with Crippen LogP contribution in [0, 0.1) is 23.7 Å². The van der Waals surface area contributed by atoms with Gasteiger partial charge in [0.2, 0.25) is 23.8 Å². The largest absolute Gasteiger partial charge is 0.368 e. The Kier molecular flexibility index (Phi) is 6.89. The molecular formula is C16H20N10. The molecule has 0 spiro atoms. The smallest absolute Gasteiger partial charge is 0.225 e. The van der Waals surface area contributed by atoms with Crippen LogP contribution >= 0.6 is 0 Å². The molecule has 0 unspecified atom stereocenters. The van der Waals surface area contributed by atoms with Crippen molar-refractivity contribution < 1.29 is 0 Å². The molecule has 10 heteroatoms. The van der Waals surface area contributed by atoms with E-state index in [1.807, 2.05) is 0 Å². The van der Waals surface area contributed by atoms with Crippen molar-refractivity contribution in [1.29, 1.82) is 0 Å². The molecule has 0 aliphatic rings. The molecule has 2 rings (SSSR count). The lowest BCUT2D eigenvalue weighted by Gasteiger charge is -1.99. The van der Waals surface area contributed by atoms with E-state index in [2.05, 4.69) is 53.6 Å². The van der Waals surface area contributed by atoms with Crippen LogP contribution in [0.2, 0.25) is 0 Å². The monoisotopic (exact) mass is 352 g/mol. The molecule has 0 fully saturated rings. The maximum absolute atomic E-state index is 5.51. The van der Waals surface area contributed by atoms with Crippen LogP contribution in [0.5, 0.6) is 0 Å². The van der Waals surface area contributed by atoms with E-state index < -0.39 is 0 Å². The Morgan fingerprint density at radius 2 is 0.885 bits per heavy atom. The summed E-state index contributed by atoms with van der Waals surface area (Å²) in [6.45, 7) is 0. The van der Waals surface area contributed by atoms with E-state index in [9.17, 15) is 0 Å². The van der Waals surface area contributed by atoms with Crippen molar-refractivity contribution in [3.05, 3.63) is 11.6 Å². The van der Waals surface area contributed by atoms with Crippen molar-refractivity contribution in [3.63, 3.8) is 0 Å². The van der Waals surface area contributed by atoms with Crippen LogP contribution in [0.4, 0.5) is 23.8 Å². The Bertz CT molecular complexity index is 758. The first-order valence-electron chi connectivity index (χ1n) is 8.00. The molecule has 0 amide bonds. The van der Waals surface area contributed by atoms with Gasteiger partial charge in [0, 0.05) is 25.7 Å². The minimum Gasteiger partial charge on any atom is -0.368 e. The maximum atomic E-state index is 5.51. The summed E-state index contributed by atoms with van der Waals surface area (Å²) in [5, 5.41) is 0. The summed E-state index contributed by atoms with van der Waals surface area (Å²) >= 11 is 0. The van der Waals surface area contributed by atoms with E-state index in [4.69, 9.17) is 22.9 Å². The van der Waals surface area contributed by atoms with Gasteiger partial charge in [0.15, 0.2) is 0 Å². The Morgan fingerprint density at radius 1 is 0.538 bits per heavy atom. The van der Waals surface area contributed by atoms with E-state index in [-0.39, 0.29) is 23.8 Å². The van der Waals surface area contributed by atoms with Crippen LogP contribution in [-0.4, -0.2) is 29.9 Å². The van der Waals surface area contributed by atoms with Gasteiger partial charge in [-0.1, -0.05) is 11.8 Å². The van der Waals surface area contributed by atoms with Gasteiger partial charge in [-0.25, -0.2) is 0 Å². The third-order valence-corrected chi connectivity index (χ3v) is 3.08. The maximum Gasteiger partial charge on any atom is 0.225 e.